The van der Waals surface area contributed by atoms with Crippen molar-refractivity contribution in [3.8, 4) is 0 Å². The monoisotopic (exact) mass is 159 g/mol. The van der Waals surface area contributed by atoms with Crippen LogP contribution in [-0.2, 0) is 0 Å². The zero-order chi connectivity index (χ0) is 7.23. The molecule has 1 aliphatic rings. The van der Waals surface area contributed by atoms with Gasteiger partial charge in [0.25, 0.3) is 0 Å². The van der Waals surface area contributed by atoms with Gasteiger partial charge in [0.1, 0.15) is 0 Å². The van der Waals surface area contributed by atoms with E-state index in [0.29, 0.717) is 0 Å². The smallest absolute Gasteiger partial charge is 0.00580 e. The Hall–Kier alpha value is 0.310. The minimum atomic E-state index is 1.03. The molecule has 1 aliphatic carbocycles. The molecule has 1 fully saturated rings. The van der Waals surface area contributed by atoms with E-state index < -0.39 is 0 Å². The lowest BCUT2D eigenvalue weighted by molar-refractivity contribution is 0.666. The third-order valence-electron chi connectivity index (χ3n) is 1.76. The first kappa shape index (κ1) is 8.41. The molecule has 1 rings (SSSR count). The number of rotatable bonds is 6. The lowest BCUT2D eigenvalue weighted by Crippen LogP contribution is -2.19. The molecule has 10 heavy (non-hydrogen) atoms. The van der Waals surface area contributed by atoms with Crippen LogP contribution in [0.15, 0.2) is 0 Å². The molecule has 0 saturated heterocycles. The number of thioether (sulfide) groups is 1. The van der Waals surface area contributed by atoms with Gasteiger partial charge in [-0.25, -0.2) is 0 Å². The first-order chi connectivity index (χ1) is 4.93. The fourth-order valence-electron chi connectivity index (χ4n) is 0.917. The predicted molar refractivity (Wildman–Crippen MR) is 48.6 cm³/mol. The Balaban J connectivity index is 1.68. The molecule has 0 heterocycles. The van der Waals surface area contributed by atoms with E-state index in [1.807, 2.05) is 11.8 Å². The number of hydrogen-bond acceptors (Lipinski definition) is 2. The van der Waals surface area contributed by atoms with Crippen LogP contribution >= 0.6 is 11.8 Å². The van der Waals surface area contributed by atoms with E-state index in [-0.39, 0.29) is 0 Å². The Morgan fingerprint density at radius 1 is 1.50 bits per heavy atom. The summed E-state index contributed by atoms with van der Waals surface area (Å²) in [5.41, 5.74) is 0. The highest BCUT2D eigenvalue weighted by Crippen LogP contribution is 2.27. The summed E-state index contributed by atoms with van der Waals surface area (Å²) in [4.78, 5) is 0. The molecule has 0 aromatic rings. The fraction of sp³-hybridized carbons (Fsp3) is 1.00. The van der Waals surface area contributed by atoms with Gasteiger partial charge in [0, 0.05) is 12.3 Å². The molecule has 2 heteroatoms. The Kier molecular flexibility index (Phi) is 4.23. The Morgan fingerprint density at radius 2 is 2.30 bits per heavy atom. The molecule has 0 spiro atoms. The molecule has 1 saturated carbocycles. The van der Waals surface area contributed by atoms with Crippen molar-refractivity contribution in [2.45, 2.75) is 19.8 Å². The number of nitrogens with one attached hydrogen (secondary N) is 1. The Morgan fingerprint density at radius 3 is 2.90 bits per heavy atom. The third kappa shape index (κ3) is 4.18. The van der Waals surface area contributed by atoms with Gasteiger partial charge in [0.15, 0.2) is 0 Å². The third-order valence-corrected chi connectivity index (χ3v) is 2.66. The van der Waals surface area contributed by atoms with Gasteiger partial charge in [0.05, 0.1) is 0 Å². The predicted octanol–water partition coefficient (Wildman–Crippen LogP) is 1.74. The topological polar surface area (TPSA) is 12.0 Å². The highest BCUT2D eigenvalue weighted by molar-refractivity contribution is 7.99. The first-order valence-electron chi connectivity index (χ1n) is 4.22. The average Bonchev–Trinajstić information content (AvgIpc) is 2.71. The molecule has 0 bridgehead atoms. The SMILES string of the molecule is CCSCCNCC1CC1. The van der Waals surface area contributed by atoms with Crippen molar-refractivity contribution in [1.82, 2.24) is 5.32 Å². The van der Waals surface area contributed by atoms with Crippen molar-refractivity contribution < 1.29 is 0 Å². The van der Waals surface area contributed by atoms with E-state index in [4.69, 9.17) is 0 Å². The summed E-state index contributed by atoms with van der Waals surface area (Å²) in [7, 11) is 0. The summed E-state index contributed by atoms with van der Waals surface area (Å²) >= 11 is 2.02. The van der Waals surface area contributed by atoms with Gasteiger partial charge in [0.2, 0.25) is 0 Å². The van der Waals surface area contributed by atoms with Crippen molar-refractivity contribution in [1.29, 1.82) is 0 Å². The van der Waals surface area contributed by atoms with Crippen molar-refractivity contribution in [3.05, 3.63) is 0 Å². The molecule has 0 aliphatic heterocycles. The summed E-state index contributed by atoms with van der Waals surface area (Å²) in [6.07, 6.45) is 2.93. The zero-order valence-electron chi connectivity index (χ0n) is 6.73. The van der Waals surface area contributed by atoms with Crippen LogP contribution in [0.5, 0.6) is 0 Å². The van der Waals surface area contributed by atoms with E-state index in [1.165, 1.54) is 37.4 Å². The Bertz CT molecular complexity index is 81.3. The van der Waals surface area contributed by atoms with E-state index in [0.717, 1.165) is 5.92 Å². The van der Waals surface area contributed by atoms with E-state index in [1.54, 1.807) is 0 Å². The second-order valence-corrected chi connectivity index (χ2v) is 4.24. The molecule has 0 amide bonds. The largest absolute Gasteiger partial charge is 0.316 e. The van der Waals surface area contributed by atoms with Crippen LogP contribution in [0.1, 0.15) is 19.8 Å². The van der Waals surface area contributed by atoms with Crippen molar-refractivity contribution >= 4 is 11.8 Å². The van der Waals surface area contributed by atoms with Crippen molar-refractivity contribution in [3.63, 3.8) is 0 Å². The van der Waals surface area contributed by atoms with E-state index >= 15 is 0 Å². The van der Waals surface area contributed by atoms with Gasteiger partial charge in [-0.3, -0.25) is 0 Å². The molecular weight excluding hydrogens is 142 g/mol. The van der Waals surface area contributed by atoms with Crippen molar-refractivity contribution in [2.75, 3.05) is 24.6 Å². The molecule has 0 aromatic carbocycles. The minimum Gasteiger partial charge on any atom is -0.316 e. The van der Waals surface area contributed by atoms with Gasteiger partial charge in [-0.15, -0.1) is 0 Å². The molecular formula is C8H17NS. The van der Waals surface area contributed by atoms with Crippen LogP contribution in [0, 0.1) is 5.92 Å². The maximum Gasteiger partial charge on any atom is 0.00580 e. The van der Waals surface area contributed by atoms with E-state index in [9.17, 15) is 0 Å². The fourth-order valence-corrected chi connectivity index (χ4v) is 1.49. The minimum absolute atomic E-state index is 1.03. The zero-order valence-corrected chi connectivity index (χ0v) is 7.54. The van der Waals surface area contributed by atoms with E-state index in [2.05, 4.69) is 12.2 Å². The summed E-state index contributed by atoms with van der Waals surface area (Å²) in [5, 5.41) is 3.46. The summed E-state index contributed by atoms with van der Waals surface area (Å²) < 4.78 is 0. The molecule has 0 atom stereocenters. The van der Waals surface area contributed by atoms with Crippen LogP contribution in [0.4, 0.5) is 0 Å². The highest BCUT2D eigenvalue weighted by Gasteiger charge is 2.19. The van der Waals surface area contributed by atoms with Crippen LogP contribution in [0.25, 0.3) is 0 Å². The second-order valence-electron chi connectivity index (χ2n) is 2.84. The van der Waals surface area contributed by atoms with Crippen molar-refractivity contribution in [2.24, 2.45) is 5.92 Å². The highest BCUT2D eigenvalue weighted by atomic mass is 32.2. The lowest BCUT2D eigenvalue weighted by Gasteiger charge is -2.00. The standard InChI is InChI=1S/C8H17NS/c1-2-10-6-5-9-7-8-3-4-8/h8-9H,2-7H2,1H3. The Labute approximate surface area is 68.0 Å². The molecule has 1 N–H and O–H groups in total. The maximum absolute atomic E-state index is 3.46. The molecule has 0 aromatic heterocycles. The average molecular weight is 159 g/mol. The first-order valence-corrected chi connectivity index (χ1v) is 5.37. The van der Waals surface area contributed by atoms with Crippen LogP contribution < -0.4 is 5.32 Å². The normalized spacial score (nSPS) is 17.7. The van der Waals surface area contributed by atoms with Gasteiger partial charge in [-0.1, -0.05) is 6.92 Å². The molecule has 60 valence electrons. The van der Waals surface area contributed by atoms with Crippen LogP contribution in [-0.4, -0.2) is 24.6 Å². The van der Waals surface area contributed by atoms with Gasteiger partial charge >= 0.3 is 0 Å². The molecule has 0 radical (unpaired) electrons. The maximum atomic E-state index is 3.46. The summed E-state index contributed by atoms with van der Waals surface area (Å²) in [6.45, 7) is 4.69. The van der Waals surface area contributed by atoms with Gasteiger partial charge in [-0.05, 0) is 31.1 Å². The van der Waals surface area contributed by atoms with Crippen LogP contribution in [0.2, 0.25) is 0 Å². The second kappa shape index (κ2) is 5.03. The summed E-state index contributed by atoms with van der Waals surface area (Å²) in [5.74, 6) is 3.57. The van der Waals surface area contributed by atoms with Gasteiger partial charge in [-0.2, -0.15) is 11.8 Å². The van der Waals surface area contributed by atoms with Crippen LogP contribution in [0.3, 0.4) is 0 Å². The molecule has 1 nitrogen and oxygen atoms in total. The lowest BCUT2D eigenvalue weighted by atomic mass is 10.4. The summed E-state index contributed by atoms with van der Waals surface area (Å²) in [6, 6.07) is 0. The van der Waals surface area contributed by atoms with Gasteiger partial charge < -0.3 is 5.32 Å². The quantitative estimate of drug-likeness (QED) is 0.592. The number of hydrogen-bond donors (Lipinski definition) is 1. The molecule has 0 unspecified atom stereocenters.